The highest BCUT2D eigenvalue weighted by Crippen LogP contribution is 2.36. The summed E-state index contributed by atoms with van der Waals surface area (Å²) in [6.07, 6.45) is 0. The van der Waals surface area contributed by atoms with Crippen LogP contribution in [0.15, 0.2) is 29.2 Å². The summed E-state index contributed by atoms with van der Waals surface area (Å²) in [7, 11) is -4.02. The van der Waals surface area contributed by atoms with Gasteiger partial charge in [-0.1, -0.05) is 12.1 Å². The van der Waals surface area contributed by atoms with Crippen molar-refractivity contribution in [3.63, 3.8) is 0 Å². The Labute approximate surface area is 132 Å². The van der Waals surface area contributed by atoms with Gasteiger partial charge in [0.25, 0.3) is 0 Å². The Morgan fingerprint density at radius 3 is 2.05 bits per heavy atom. The molecule has 22 heavy (non-hydrogen) atoms. The molecule has 1 aliphatic rings. The van der Waals surface area contributed by atoms with Crippen LogP contribution >= 0.6 is 0 Å². The van der Waals surface area contributed by atoms with Crippen LogP contribution < -0.4 is 15.9 Å². The van der Waals surface area contributed by atoms with Crippen LogP contribution in [0.3, 0.4) is 0 Å². The van der Waals surface area contributed by atoms with Crippen molar-refractivity contribution in [2.24, 2.45) is 5.73 Å². The van der Waals surface area contributed by atoms with Gasteiger partial charge < -0.3 is 15.0 Å². The van der Waals surface area contributed by atoms with Crippen LogP contribution in [-0.4, -0.2) is 39.8 Å². The first-order valence-corrected chi connectivity index (χ1v) is 8.73. The average Bonchev–Trinajstić information content (AvgIpc) is 2.65. The van der Waals surface area contributed by atoms with Gasteiger partial charge in [-0.15, -0.1) is 0 Å². The van der Waals surface area contributed by atoms with E-state index in [9.17, 15) is 8.42 Å². The third kappa shape index (κ3) is 3.36. The van der Waals surface area contributed by atoms with Crippen LogP contribution in [0.5, 0.6) is 0 Å². The normalized spacial score (nSPS) is 20.3. The Morgan fingerprint density at radius 2 is 1.59 bits per heavy atom. The summed E-state index contributed by atoms with van der Waals surface area (Å²) in [5, 5.41) is 0. The van der Waals surface area contributed by atoms with Gasteiger partial charge in [-0.05, 0) is 45.3 Å². The molecule has 8 heteroatoms. The first kappa shape index (κ1) is 17.4. The third-order valence-corrected chi connectivity index (χ3v) is 5.63. The highest BCUT2D eigenvalue weighted by Gasteiger charge is 2.51. The first-order valence-electron chi connectivity index (χ1n) is 7.24. The van der Waals surface area contributed by atoms with Crippen LogP contribution in [0.2, 0.25) is 0 Å². The summed E-state index contributed by atoms with van der Waals surface area (Å²) in [6.45, 7) is 8.36. The minimum atomic E-state index is -3.52. The van der Waals surface area contributed by atoms with Crippen molar-refractivity contribution in [2.45, 2.75) is 43.8 Å². The van der Waals surface area contributed by atoms with Gasteiger partial charge in [0, 0.05) is 13.1 Å². The smallest absolute Gasteiger partial charge is 0.399 e. The average molecular weight is 326 g/mol. The van der Waals surface area contributed by atoms with Gasteiger partial charge >= 0.3 is 7.12 Å². The zero-order chi connectivity index (χ0) is 16.6. The fourth-order valence-electron chi connectivity index (χ4n) is 2.06. The highest BCUT2D eigenvalue weighted by atomic mass is 32.2. The molecule has 2 rings (SSSR count). The predicted octanol–water partition coefficient (Wildman–Crippen LogP) is 0.223. The van der Waals surface area contributed by atoms with Crippen molar-refractivity contribution in [3.8, 4) is 0 Å². The standard InChI is InChI=1S/C14H23BN2O4S/c1-13(2)14(3,4)21-15(20-13)11-5-7-12(8-6-11)22(18,19)17-10-9-16/h5-8,17H,9-10,16H2,1-4H3. The lowest BCUT2D eigenvalue weighted by Gasteiger charge is -2.32. The van der Waals surface area contributed by atoms with E-state index in [2.05, 4.69) is 4.72 Å². The van der Waals surface area contributed by atoms with Gasteiger partial charge in [-0.3, -0.25) is 0 Å². The molecule has 0 bridgehead atoms. The molecule has 0 aromatic heterocycles. The van der Waals surface area contributed by atoms with Crippen molar-refractivity contribution in [3.05, 3.63) is 24.3 Å². The second kappa shape index (κ2) is 5.94. The Bertz CT molecular complexity index is 613. The number of hydrogen-bond donors (Lipinski definition) is 2. The molecule has 0 unspecified atom stereocenters. The number of benzene rings is 1. The fraction of sp³-hybridized carbons (Fsp3) is 0.571. The lowest BCUT2D eigenvalue weighted by atomic mass is 9.79. The number of rotatable bonds is 5. The lowest BCUT2D eigenvalue weighted by Crippen LogP contribution is -2.41. The Hall–Kier alpha value is -0.925. The van der Waals surface area contributed by atoms with E-state index >= 15 is 0 Å². The Morgan fingerprint density at radius 1 is 1.09 bits per heavy atom. The van der Waals surface area contributed by atoms with E-state index < -0.39 is 28.3 Å². The van der Waals surface area contributed by atoms with Crippen molar-refractivity contribution < 1.29 is 17.7 Å². The molecule has 1 fully saturated rings. The summed E-state index contributed by atoms with van der Waals surface area (Å²) in [5.74, 6) is 0. The molecule has 0 spiro atoms. The maximum absolute atomic E-state index is 12.0. The second-order valence-corrected chi connectivity index (χ2v) is 8.11. The van der Waals surface area contributed by atoms with Crippen molar-refractivity contribution in [1.29, 1.82) is 0 Å². The topological polar surface area (TPSA) is 90.7 Å². The van der Waals surface area contributed by atoms with Gasteiger partial charge in [0.1, 0.15) is 0 Å². The maximum Gasteiger partial charge on any atom is 0.494 e. The molecule has 6 nitrogen and oxygen atoms in total. The molecule has 0 atom stereocenters. The molecule has 1 heterocycles. The van der Waals surface area contributed by atoms with E-state index in [-0.39, 0.29) is 18.0 Å². The number of sulfonamides is 1. The molecule has 3 N–H and O–H groups in total. The maximum atomic E-state index is 12.0. The summed E-state index contributed by atoms with van der Waals surface area (Å²) in [6, 6.07) is 6.50. The number of nitrogens with one attached hydrogen (secondary N) is 1. The van der Waals surface area contributed by atoms with Crippen LogP contribution in [0, 0.1) is 0 Å². The fourth-order valence-corrected chi connectivity index (χ4v) is 3.11. The molecule has 1 saturated heterocycles. The van der Waals surface area contributed by atoms with Crippen LogP contribution in [0.1, 0.15) is 27.7 Å². The Balaban J connectivity index is 2.17. The zero-order valence-electron chi connectivity index (χ0n) is 13.4. The number of nitrogens with two attached hydrogens (primary N) is 1. The SMILES string of the molecule is CC1(C)OB(c2ccc(S(=O)(=O)NCCN)cc2)OC1(C)C. The minimum absolute atomic E-state index is 0.196. The van der Waals surface area contributed by atoms with Crippen molar-refractivity contribution in [2.75, 3.05) is 13.1 Å². The van der Waals surface area contributed by atoms with E-state index in [4.69, 9.17) is 15.0 Å². The highest BCUT2D eigenvalue weighted by molar-refractivity contribution is 7.89. The molecule has 0 aliphatic carbocycles. The molecule has 1 aromatic rings. The lowest BCUT2D eigenvalue weighted by molar-refractivity contribution is 0.00578. The van der Waals surface area contributed by atoms with E-state index in [0.717, 1.165) is 5.46 Å². The van der Waals surface area contributed by atoms with E-state index in [1.807, 2.05) is 27.7 Å². The first-order chi connectivity index (χ1) is 10.1. The quantitative estimate of drug-likeness (QED) is 0.756. The van der Waals surface area contributed by atoms with Crippen molar-refractivity contribution in [1.82, 2.24) is 4.72 Å². The van der Waals surface area contributed by atoms with Gasteiger partial charge in [-0.25, -0.2) is 13.1 Å². The van der Waals surface area contributed by atoms with E-state index in [0.29, 0.717) is 0 Å². The van der Waals surface area contributed by atoms with E-state index in [1.165, 1.54) is 0 Å². The van der Waals surface area contributed by atoms with Crippen LogP contribution in [0.25, 0.3) is 0 Å². The summed E-state index contributed by atoms with van der Waals surface area (Å²) in [4.78, 5) is 0.196. The third-order valence-electron chi connectivity index (χ3n) is 4.15. The molecule has 0 saturated carbocycles. The molecule has 0 amide bonds. The Kier molecular flexibility index (Phi) is 4.70. The minimum Gasteiger partial charge on any atom is -0.399 e. The largest absolute Gasteiger partial charge is 0.494 e. The van der Waals surface area contributed by atoms with Gasteiger partial charge in [0.05, 0.1) is 16.1 Å². The van der Waals surface area contributed by atoms with Crippen LogP contribution in [-0.2, 0) is 19.3 Å². The summed E-state index contributed by atoms with van der Waals surface area (Å²) >= 11 is 0. The summed E-state index contributed by atoms with van der Waals surface area (Å²) < 4.78 is 38.3. The van der Waals surface area contributed by atoms with Crippen LogP contribution in [0.4, 0.5) is 0 Å². The van der Waals surface area contributed by atoms with Gasteiger partial charge in [0.15, 0.2) is 0 Å². The molecule has 1 aliphatic heterocycles. The molecular weight excluding hydrogens is 303 g/mol. The van der Waals surface area contributed by atoms with E-state index in [1.54, 1.807) is 24.3 Å². The van der Waals surface area contributed by atoms with Crippen molar-refractivity contribution >= 4 is 22.6 Å². The molecule has 122 valence electrons. The zero-order valence-corrected chi connectivity index (χ0v) is 14.2. The van der Waals surface area contributed by atoms with Gasteiger partial charge in [0.2, 0.25) is 10.0 Å². The summed E-state index contributed by atoms with van der Waals surface area (Å²) in [5.41, 5.74) is 5.25. The second-order valence-electron chi connectivity index (χ2n) is 6.34. The predicted molar refractivity (Wildman–Crippen MR) is 86.4 cm³/mol. The molecular formula is C14H23BN2O4S. The van der Waals surface area contributed by atoms with Gasteiger partial charge in [-0.2, -0.15) is 0 Å². The monoisotopic (exact) mass is 326 g/mol. The molecule has 0 radical (unpaired) electrons. The molecule has 1 aromatic carbocycles. The number of hydrogen-bond acceptors (Lipinski definition) is 5.